The largest absolute Gasteiger partial charge is 0.431 e. The number of para-hydroxylation sites is 1. The summed E-state index contributed by atoms with van der Waals surface area (Å²) in [5.74, 6) is 0. The number of hydrogen-bond donors (Lipinski definition) is 0. The second kappa shape index (κ2) is 4.12. The van der Waals surface area contributed by atoms with Crippen molar-refractivity contribution in [2.75, 3.05) is 0 Å². The lowest BCUT2D eigenvalue weighted by molar-refractivity contribution is -0.142. The fourth-order valence-corrected chi connectivity index (χ4v) is 2.13. The Kier molecular flexibility index (Phi) is 2.55. The number of alkyl halides is 3. The van der Waals surface area contributed by atoms with Gasteiger partial charge in [-0.3, -0.25) is 4.98 Å². The molecule has 19 heavy (non-hydrogen) atoms. The summed E-state index contributed by atoms with van der Waals surface area (Å²) in [6, 6.07) is 11.1. The lowest BCUT2D eigenvalue weighted by Gasteiger charge is -2.12. The van der Waals surface area contributed by atoms with E-state index in [9.17, 15) is 13.2 Å². The van der Waals surface area contributed by atoms with Gasteiger partial charge in [0.2, 0.25) is 0 Å². The Morgan fingerprint density at radius 3 is 2.32 bits per heavy atom. The number of benzene rings is 1. The van der Waals surface area contributed by atoms with E-state index in [2.05, 4.69) is 4.98 Å². The number of rotatable bonds is 1. The normalized spacial score (nSPS) is 11.9. The second-order valence-electron chi connectivity index (χ2n) is 4.13. The van der Waals surface area contributed by atoms with Crippen LogP contribution in [0.3, 0.4) is 0 Å². The van der Waals surface area contributed by atoms with Gasteiger partial charge < -0.3 is 4.57 Å². The Morgan fingerprint density at radius 2 is 1.63 bits per heavy atom. The Morgan fingerprint density at radius 1 is 0.947 bits per heavy atom. The molecule has 5 heteroatoms. The molecule has 0 atom stereocenters. The molecule has 0 radical (unpaired) electrons. The van der Waals surface area contributed by atoms with Crippen molar-refractivity contribution in [3.05, 3.63) is 60.6 Å². The minimum atomic E-state index is -4.40. The van der Waals surface area contributed by atoms with Crippen LogP contribution in [0.25, 0.3) is 16.6 Å². The number of pyridine rings is 1. The fraction of sp³-hybridized carbons (Fsp3) is 0.0714. The van der Waals surface area contributed by atoms with E-state index in [4.69, 9.17) is 0 Å². The van der Waals surface area contributed by atoms with Crippen molar-refractivity contribution in [3.8, 4) is 5.69 Å². The predicted octanol–water partition coefficient (Wildman–Crippen LogP) is 4.04. The highest BCUT2D eigenvalue weighted by Crippen LogP contribution is 2.35. The van der Waals surface area contributed by atoms with Crippen LogP contribution in [-0.4, -0.2) is 9.55 Å². The first-order valence-corrected chi connectivity index (χ1v) is 5.65. The first kappa shape index (κ1) is 11.8. The smallest absolute Gasteiger partial charge is 0.305 e. The van der Waals surface area contributed by atoms with Crippen molar-refractivity contribution < 1.29 is 13.2 Å². The molecule has 0 spiro atoms. The second-order valence-corrected chi connectivity index (χ2v) is 4.13. The molecule has 0 saturated carbocycles. The summed E-state index contributed by atoms with van der Waals surface area (Å²) in [6.45, 7) is 0. The van der Waals surface area contributed by atoms with Crippen LogP contribution >= 0.6 is 0 Å². The zero-order valence-corrected chi connectivity index (χ0v) is 9.72. The minimum Gasteiger partial charge on any atom is -0.305 e. The Hall–Kier alpha value is -2.30. The summed E-state index contributed by atoms with van der Waals surface area (Å²) < 4.78 is 40.6. The van der Waals surface area contributed by atoms with Gasteiger partial charge in [-0.2, -0.15) is 13.2 Å². The Labute approximate surface area is 107 Å². The third kappa shape index (κ3) is 1.97. The van der Waals surface area contributed by atoms with E-state index in [1.165, 1.54) is 17.0 Å². The van der Waals surface area contributed by atoms with Crippen LogP contribution < -0.4 is 0 Å². The lowest BCUT2D eigenvalue weighted by atomic mass is 10.2. The molecule has 3 aromatic rings. The zero-order chi connectivity index (χ0) is 13.5. The SMILES string of the molecule is FC(F)(F)c1cc2ccccc2n1-c1ccncc1. The predicted molar refractivity (Wildman–Crippen MR) is 66.1 cm³/mol. The van der Waals surface area contributed by atoms with Crippen molar-refractivity contribution >= 4 is 10.9 Å². The molecule has 0 aliphatic carbocycles. The van der Waals surface area contributed by atoms with Gasteiger partial charge in [-0.25, -0.2) is 0 Å². The standard InChI is InChI=1S/C14H9F3N2/c15-14(16,17)13-9-10-3-1-2-4-12(10)19(13)11-5-7-18-8-6-11/h1-9H. The monoisotopic (exact) mass is 262 g/mol. The molecule has 0 aliphatic heterocycles. The molecule has 0 saturated heterocycles. The molecule has 2 aromatic heterocycles. The zero-order valence-electron chi connectivity index (χ0n) is 9.72. The van der Waals surface area contributed by atoms with Gasteiger partial charge in [0.05, 0.1) is 5.52 Å². The van der Waals surface area contributed by atoms with Gasteiger partial charge in [0.15, 0.2) is 0 Å². The van der Waals surface area contributed by atoms with E-state index in [-0.39, 0.29) is 0 Å². The Bertz CT molecular complexity index is 714. The molecule has 0 N–H and O–H groups in total. The summed E-state index contributed by atoms with van der Waals surface area (Å²) in [5, 5.41) is 0.562. The molecule has 1 aromatic carbocycles. The molecule has 0 amide bonds. The summed E-state index contributed by atoms with van der Waals surface area (Å²) in [5.41, 5.74) is 0.296. The van der Waals surface area contributed by atoms with E-state index in [0.29, 0.717) is 16.6 Å². The maximum Gasteiger partial charge on any atom is 0.431 e. The van der Waals surface area contributed by atoms with Gasteiger partial charge in [-0.1, -0.05) is 18.2 Å². The average molecular weight is 262 g/mol. The van der Waals surface area contributed by atoms with Gasteiger partial charge in [-0.05, 0) is 24.3 Å². The summed E-state index contributed by atoms with van der Waals surface area (Å²) in [6.07, 6.45) is -1.45. The molecule has 0 aliphatic rings. The van der Waals surface area contributed by atoms with Crippen molar-refractivity contribution in [2.45, 2.75) is 6.18 Å². The molecular weight excluding hydrogens is 253 g/mol. The fourth-order valence-electron chi connectivity index (χ4n) is 2.13. The molecular formula is C14H9F3N2. The lowest BCUT2D eigenvalue weighted by Crippen LogP contribution is -2.12. The molecule has 2 nitrogen and oxygen atoms in total. The highest BCUT2D eigenvalue weighted by Gasteiger charge is 2.35. The van der Waals surface area contributed by atoms with Crippen LogP contribution in [0.2, 0.25) is 0 Å². The number of hydrogen-bond acceptors (Lipinski definition) is 1. The summed E-state index contributed by atoms with van der Waals surface area (Å²) in [4.78, 5) is 3.83. The van der Waals surface area contributed by atoms with Gasteiger partial charge in [-0.15, -0.1) is 0 Å². The molecule has 2 heterocycles. The molecule has 3 rings (SSSR count). The number of fused-ring (bicyclic) bond motifs is 1. The quantitative estimate of drug-likeness (QED) is 0.647. The first-order valence-electron chi connectivity index (χ1n) is 5.65. The van der Waals surface area contributed by atoms with Crippen LogP contribution in [-0.2, 0) is 6.18 Å². The van der Waals surface area contributed by atoms with E-state index in [1.54, 1.807) is 36.4 Å². The molecule has 0 unspecified atom stereocenters. The van der Waals surface area contributed by atoms with Crippen molar-refractivity contribution in [3.63, 3.8) is 0 Å². The highest BCUT2D eigenvalue weighted by molar-refractivity contribution is 5.83. The molecule has 96 valence electrons. The van der Waals surface area contributed by atoms with Crippen LogP contribution in [0.15, 0.2) is 54.9 Å². The first-order chi connectivity index (χ1) is 9.07. The molecule has 0 fully saturated rings. The Balaban J connectivity index is 2.38. The maximum absolute atomic E-state index is 13.1. The van der Waals surface area contributed by atoms with Crippen molar-refractivity contribution in [1.29, 1.82) is 0 Å². The average Bonchev–Trinajstić information content (AvgIpc) is 2.79. The van der Waals surface area contributed by atoms with E-state index >= 15 is 0 Å². The number of halogens is 3. The van der Waals surface area contributed by atoms with E-state index in [1.807, 2.05) is 0 Å². The van der Waals surface area contributed by atoms with Crippen LogP contribution in [0, 0.1) is 0 Å². The highest BCUT2D eigenvalue weighted by atomic mass is 19.4. The van der Waals surface area contributed by atoms with Crippen LogP contribution in [0.4, 0.5) is 13.2 Å². The van der Waals surface area contributed by atoms with Gasteiger partial charge >= 0.3 is 6.18 Å². The minimum absolute atomic E-state index is 0.448. The van der Waals surface area contributed by atoms with Crippen LogP contribution in [0.1, 0.15) is 5.69 Å². The third-order valence-corrected chi connectivity index (χ3v) is 2.92. The van der Waals surface area contributed by atoms with Gasteiger partial charge in [0.1, 0.15) is 5.69 Å². The van der Waals surface area contributed by atoms with Gasteiger partial charge in [0, 0.05) is 23.5 Å². The van der Waals surface area contributed by atoms with E-state index < -0.39 is 11.9 Å². The van der Waals surface area contributed by atoms with Gasteiger partial charge in [0.25, 0.3) is 0 Å². The third-order valence-electron chi connectivity index (χ3n) is 2.92. The summed E-state index contributed by atoms with van der Waals surface area (Å²) in [7, 11) is 0. The van der Waals surface area contributed by atoms with Crippen molar-refractivity contribution in [2.24, 2.45) is 0 Å². The molecule has 0 bridgehead atoms. The summed E-state index contributed by atoms with van der Waals surface area (Å²) >= 11 is 0. The number of aromatic nitrogens is 2. The van der Waals surface area contributed by atoms with Crippen LogP contribution in [0.5, 0.6) is 0 Å². The topological polar surface area (TPSA) is 17.8 Å². The van der Waals surface area contributed by atoms with Crippen molar-refractivity contribution in [1.82, 2.24) is 9.55 Å². The maximum atomic E-state index is 13.1. The van der Waals surface area contributed by atoms with E-state index in [0.717, 1.165) is 6.07 Å². The number of nitrogens with zero attached hydrogens (tertiary/aromatic N) is 2.